The van der Waals surface area contributed by atoms with E-state index in [4.69, 9.17) is 37.1 Å². The summed E-state index contributed by atoms with van der Waals surface area (Å²) in [4.78, 5) is 15.3. The Balaban J connectivity index is 1.33. The standard InChI is InChI=1S/C30H23Cl2N3O4S/c1-37-27-14-21(9-12-26(27)39-19-22-10-11-23(31)16-25(22)32)17-33-34-30-35(18-24-8-5-13-38-24)29(36)28(40-30)15-20-6-3-2-4-7-20/h2-17H,18-19H2,1H3/b28-15-,33-17+,34-30-. The van der Waals surface area contributed by atoms with Gasteiger partial charge in [-0.3, -0.25) is 9.69 Å². The molecule has 1 aromatic heterocycles. The SMILES string of the molecule is COc1cc(/C=N/N=C2\S/C(=C\c3ccccc3)C(=O)N2Cc2ccco2)ccc1OCc1ccc(Cl)cc1Cl. The van der Waals surface area contributed by atoms with E-state index in [1.807, 2.05) is 54.6 Å². The molecule has 202 valence electrons. The lowest BCUT2D eigenvalue weighted by molar-refractivity contribution is -0.122. The second-order valence-corrected chi connectivity index (χ2v) is 10.4. The largest absolute Gasteiger partial charge is 0.493 e. The fourth-order valence-electron chi connectivity index (χ4n) is 3.80. The number of hydrogen-bond donors (Lipinski definition) is 0. The molecule has 1 saturated heterocycles. The summed E-state index contributed by atoms with van der Waals surface area (Å²) in [6.45, 7) is 0.500. The molecule has 7 nitrogen and oxygen atoms in total. The topological polar surface area (TPSA) is 76.6 Å². The molecule has 1 aliphatic rings. The monoisotopic (exact) mass is 591 g/mol. The highest BCUT2D eigenvalue weighted by Gasteiger charge is 2.34. The minimum Gasteiger partial charge on any atom is -0.493 e. The molecule has 1 fully saturated rings. The number of halogens is 2. The van der Waals surface area contributed by atoms with Crippen molar-refractivity contribution in [1.82, 2.24) is 4.90 Å². The molecule has 40 heavy (non-hydrogen) atoms. The van der Waals surface area contributed by atoms with Crippen LogP contribution in [0.1, 0.15) is 22.5 Å². The Morgan fingerprint density at radius 3 is 2.58 bits per heavy atom. The van der Waals surface area contributed by atoms with E-state index < -0.39 is 0 Å². The molecule has 1 aliphatic heterocycles. The van der Waals surface area contributed by atoms with Gasteiger partial charge < -0.3 is 13.9 Å². The van der Waals surface area contributed by atoms with Crippen molar-refractivity contribution >= 4 is 58.3 Å². The molecule has 0 atom stereocenters. The summed E-state index contributed by atoms with van der Waals surface area (Å²) in [5, 5.41) is 10.2. The lowest BCUT2D eigenvalue weighted by Gasteiger charge is -2.13. The summed E-state index contributed by atoms with van der Waals surface area (Å²) in [6.07, 6.45) is 5.00. The van der Waals surface area contributed by atoms with Crippen molar-refractivity contribution in [1.29, 1.82) is 0 Å². The third kappa shape index (κ3) is 6.77. The molecule has 5 rings (SSSR count). The molecule has 0 aliphatic carbocycles. The minimum atomic E-state index is -0.164. The van der Waals surface area contributed by atoms with E-state index in [0.29, 0.717) is 37.4 Å². The first-order valence-electron chi connectivity index (χ1n) is 12.1. The Kier molecular flexibility index (Phi) is 8.91. The van der Waals surface area contributed by atoms with E-state index in [1.54, 1.807) is 54.8 Å². The van der Waals surface area contributed by atoms with E-state index in [0.717, 1.165) is 16.7 Å². The fraction of sp³-hybridized carbons (Fsp3) is 0.100. The number of hydrogen-bond acceptors (Lipinski definition) is 7. The van der Waals surface area contributed by atoms with Crippen LogP contribution >= 0.6 is 35.0 Å². The molecular formula is C30H23Cl2N3O4S. The molecule has 0 radical (unpaired) electrons. The van der Waals surface area contributed by atoms with Crippen LogP contribution in [0.25, 0.3) is 6.08 Å². The molecular weight excluding hydrogens is 569 g/mol. The number of benzene rings is 3. The number of rotatable bonds is 9. The van der Waals surface area contributed by atoms with Crippen LogP contribution in [0.4, 0.5) is 0 Å². The van der Waals surface area contributed by atoms with E-state index in [1.165, 1.54) is 11.8 Å². The van der Waals surface area contributed by atoms with Gasteiger partial charge in [-0.25, -0.2) is 0 Å². The van der Waals surface area contributed by atoms with Crippen molar-refractivity contribution in [3.05, 3.63) is 123 Å². The maximum Gasteiger partial charge on any atom is 0.267 e. The van der Waals surface area contributed by atoms with Gasteiger partial charge in [0.1, 0.15) is 12.4 Å². The molecule has 1 amide bonds. The van der Waals surface area contributed by atoms with Crippen molar-refractivity contribution in [2.24, 2.45) is 10.2 Å². The Morgan fingerprint density at radius 1 is 0.975 bits per heavy atom. The van der Waals surface area contributed by atoms with Gasteiger partial charge in [-0.1, -0.05) is 59.6 Å². The molecule has 3 aromatic carbocycles. The summed E-state index contributed by atoms with van der Waals surface area (Å²) < 4.78 is 16.9. The average molecular weight is 593 g/mol. The van der Waals surface area contributed by atoms with Gasteiger partial charge in [0.05, 0.1) is 31.0 Å². The van der Waals surface area contributed by atoms with Crippen LogP contribution in [0.2, 0.25) is 10.0 Å². The smallest absolute Gasteiger partial charge is 0.267 e. The molecule has 4 aromatic rings. The zero-order valence-corrected chi connectivity index (χ0v) is 23.6. The number of furan rings is 1. The second kappa shape index (κ2) is 12.9. The predicted octanol–water partition coefficient (Wildman–Crippen LogP) is 7.68. The number of carbonyl (C=O) groups is 1. The normalized spacial score (nSPS) is 15.5. The summed E-state index contributed by atoms with van der Waals surface area (Å²) in [5.41, 5.74) is 2.47. The number of amidine groups is 1. The number of carbonyl (C=O) groups excluding carboxylic acids is 1. The first-order chi connectivity index (χ1) is 19.5. The van der Waals surface area contributed by atoms with Crippen LogP contribution in [0, 0.1) is 0 Å². The van der Waals surface area contributed by atoms with Crippen LogP contribution in [-0.4, -0.2) is 29.3 Å². The van der Waals surface area contributed by atoms with Crippen LogP contribution in [0.15, 0.2) is 105 Å². The number of ether oxygens (including phenoxy) is 2. The first-order valence-corrected chi connectivity index (χ1v) is 13.7. The van der Waals surface area contributed by atoms with Crippen molar-refractivity contribution < 1.29 is 18.7 Å². The number of methoxy groups -OCH3 is 1. The number of nitrogens with zero attached hydrogens (tertiary/aromatic N) is 3. The van der Waals surface area contributed by atoms with Gasteiger partial charge in [0.2, 0.25) is 0 Å². The van der Waals surface area contributed by atoms with Crippen molar-refractivity contribution in [2.75, 3.05) is 7.11 Å². The van der Waals surface area contributed by atoms with Gasteiger partial charge in [0, 0.05) is 15.6 Å². The van der Waals surface area contributed by atoms with Gasteiger partial charge in [-0.2, -0.15) is 5.10 Å². The van der Waals surface area contributed by atoms with Crippen LogP contribution in [-0.2, 0) is 17.9 Å². The molecule has 0 spiro atoms. The van der Waals surface area contributed by atoms with Crippen molar-refractivity contribution in [3.8, 4) is 11.5 Å². The molecule has 0 unspecified atom stereocenters. The zero-order chi connectivity index (χ0) is 27.9. The highest BCUT2D eigenvalue weighted by atomic mass is 35.5. The summed E-state index contributed by atoms with van der Waals surface area (Å²) in [5.74, 6) is 1.56. The zero-order valence-electron chi connectivity index (χ0n) is 21.3. The van der Waals surface area contributed by atoms with E-state index in [9.17, 15) is 4.79 Å². The lowest BCUT2D eigenvalue weighted by atomic mass is 10.2. The first kappa shape index (κ1) is 27.6. The van der Waals surface area contributed by atoms with E-state index in [-0.39, 0.29) is 19.1 Å². The molecule has 0 bridgehead atoms. The van der Waals surface area contributed by atoms with Crippen molar-refractivity contribution in [3.63, 3.8) is 0 Å². The van der Waals surface area contributed by atoms with Crippen LogP contribution in [0.5, 0.6) is 11.5 Å². The van der Waals surface area contributed by atoms with Crippen LogP contribution < -0.4 is 9.47 Å². The third-order valence-electron chi connectivity index (χ3n) is 5.82. The Morgan fingerprint density at radius 2 is 1.82 bits per heavy atom. The van der Waals surface area contributed by atoms with E-state index >= 15 is 0 Å². The maximum absolute atomic E-state index is 13.2. The van der Waals surface area contributed by atoms with Crippen LogP contribution in [0.3, 0.4) is 0 Å². The summed E-state index contributed by atoms with van der Waals surface area (Å²) in [7, 11) is 1.56. The maximum atomic E-state index is 13.2. The minimum absolute atomic E-state index is 0.164. The highest BCUT2D eigenvalue weighted by molar-refractivity contribution is 8.18. The summed E-state index contributed by atoms with van der Waals surface area (Å²) in [6, 6.07) is 23.9. The summed E-state index contributed by atoms with van der Waals surface area (Å²) >= 11 is 13.5. The van der Waals surface area contributed by atoms with Gasteiger partial charge in [-0.05, 0) is 71.4 Å². The number of thioether (sulfide) groups is 1. The molecule has 2 heterocycles. The molecule has 0 N–H and O–H groups in total. The second-order valence-electron chi connectivity index (χ2n) is 8.55. The van der Waals surface area contributed by atoms with E-state index in [2.05, 4.69) is 10.2 Å². The third-order valence-corrected chi connectivity index (χ3v) is 7.40. The number of amides is 1. The van der Waals surface area contributed by atoms with Crippen molar-refractivity contribution in [2.45, 2.75) is 13.2 Å². The van der Waals surface area contributed by atoms with Gasteiger partial charge in [-0.15, -0.1) is 5.10 Å². The Labute approximate surface area is 245 Å². The molecule has 10 heteroatoms. The van der Waals surface area contributed by atoms with Gasteiger partial charge in [0.15, 0.2) is 16.7 Å². The quantitative estimate of drug-likeness (QED) is 0.113. The van der Waals surface area contributed by atoms with Gasteiger partial charge in [0.25, 0.3) is 5.91 Å². The highest BCUT2D eigenvalue weighted by Crippen LogP contribution is 2.34. The predicted molar refractivity (Wildman–Crippen MR) is 160 cm³/mol. The Bertz CT molecular complexity index is 1590. The average Bonchev–Trinajstić information content (AvgIpc) is 3.58. The Hall–Kier alpha value is -3.98. The van der Waals surface area contributed by atoms with Gasteiger partial charge >= 0.3 is 0 Å². The fourth-order valence-corrected chi connectivity index (χ4v) is 5.20. The molecule has 0 saturated carbocycles. The lowest BCUT2D eigenvalue weighted by Crippen LogP contribution is -2.28.